The molecule has 0 amide bonds. The van der Waals surface area contributed by atoms with Gasteiger partial charge in [-0.3, -0.25) is 19.6 Å². The monoisotopic (exact) mass is 512 g/mol. The molecule has 6 rings (SSSR count). The highest BCUT2D eigenvalue weighted by Crippen LogP contribution is 2.34. The Morgan fingerprint density at radius 1 is 1.03 bits per heavy atom. The second-order valence-corrected chi connectivity index (χ2v) is 10.9. The summed E-state index contributed by atoms with van der Waals surface area (Å²) in [6, 6.07) is 10.4. The SMILES string of the molecule is Cc1ccc(C)c2[nH]c(=O)c([C@H](c3nnnn3C3CCCCC3)N3CCN(Cc4cccnc4)CC3)cc12. The molecule has 9 nitrogen and oxygen atoms in total. The topological polar surface area (TPSA) is 95.8 Å². The number of fused-ring (bicyclic) bond motifs is 1. The lowest BCUT2D eigenvalue weighted by molar-refractivity contribution is 0.0982. The summed E-state index contributed by atoms with van der Waals surface area (Å²) in [5, 5.41) is 14.3. The van der Waals surface area contributed by atoms with Crippen LogP contribution in [0.4, 0.5) is 0 Å². The highest BCUT2D eigenvalue weighted by atomic mass is 16.1. The summed E-state index contributed by atoms with van der Waals surface area (Å²) < 4.78 is 2.03. The number of tetrazole rings is 1. The molecule has 9 heteroatoms. The zero-order valence-corrected chi connectivity index (χ0v) is 22.3. The molecule has 1 saturated carbocycles. The Labute approximate surface area is 222 Å². The molecule has 1 aliphatic carbocycles. The van der Waals surface area contributed by atoms with Crippen molar-refractivity contribution in [2.75, 3.05) is 26.2 Å². The summed E-state index contributed by atoms with van der Waals surface area (Å²) in [7, 11) is 0. The highest BCUT2D eigenvalue weighted by Gasteiger charge is 2.34. The van der Waals surface area contributed by atoms with Crippen LogP contribution in [0, 0.1) is 13.8 Å². The van der Waals surface area contributed by atoms with E-state index in [0.29, 0.717) is 0 Å². The summed E-state index contributed by atoms with van der Waals surface area (Å²) in [5.74, 6) is 0.785. The van der Waals surface area contributed by atoms with Crippen molar-refractivity contribution in [2.24, 2.45) is 0 Å². The van der Waals surface area contributed by atoms with Crippen LogP contribution in [0.2, 0.25) is 0 Å². The normalized spacial score (nSPS) is 18.7. The Bertz CT molecular complexity index is 1450. The third-order valence-corrected chi connectivity index (χ3v) is 8.35. The number of H-pyrrole nitrogens is 1. The predicted molar refractivity (Wildman–Crippen MR) is 147 cm³/mol. The van der Waals surface area contributed by atoms with Crippen molar-refractivity contribution in [1.82, 2.24) is 40.0 Å². The van der Waals surface area contributed by atoms with E-state index >= 15 is 0 Å². The van der Waals surface area contributed by atoms with Crippen LogP contribution in [0.3, 0.4) is 0 Å². The first-order valence-electron chi connectivity index (χ1n) is 13.8. The first-order chi connectivity index (χ1) is 18.6. The number of nitrogens with zero attached hydrogens (tertiary/aromatic N) is 7. The maximum Gasteiger partial charge on any atom is 0.253 e. The fourth-order valence-corrected chi connectivity index (χ4v) is 6.19. The van der Waals surface area contributed by atoms with Crippen LogP contribution in [-0.4, -0.2) is 66.2 Å². The fraction of sp³-hybridized carbons (Fsp3) is 0.483. The Balaban J connectivity index is 1.37. The van der Waals surface area contributed by atoms with Crippen LogP contribution in [-0.2, 0) is 6.54 Å². The number of aromatic amines is 1. The van der Waals surface area contributed by atoms with Gasteiger partial charge < -0.3 is 4.98 Å². The van der Waals surface area contributed by atoms with E-state index in [1.807, 2.05) is 30.1 Å². The number of piperazine rings is 1. The van der Waals surface area contributed by atoms with E-state index in [9.17, 15) is 4.79 Å². The number of aryl methyl sites for hydroxylation is 2. The Morgan fingerprint density at radius 3 is 2.58 bits per heavy atom. The second-order valence-electron chi connectivity index (χ2n) is 10.9. The van der Waals surface area contributed by atoms with Gasteiger partial charge in [0.1, 0.15) is 6.04 Å². The van der Waals surface area contributed by atoms with Gasteiger partial charge in [-0.2, -0.15) is 0 Å². The van der Waals surface area contributed by atoms with Gasteiger partial charge in [-0.05, 0) is 65.9 Å². The van der Waals surface area contributed by atoms with Crippen LogP contribution in [0.5, 0.6) is 0 Å². The van der Waals surface area contributed by atoms with Crippen LogP contribution in [0.25, 0.3) is 10.9 Å². The van der Waals surface area contributed by atoms with Crippen molar-refractivity contribution in [3.63, 3.8) is 0 Å². The summed E-state index contributed by atoms with van der Waals surface area (Å²) >= 11 is 0. The smallest absolute Gasteiger partial charge is 0.253 e. The number of rotatable bonds is 6. The lowest BCUT2D eigenvalue weighted by Crippen LogP contribution is -2.48. The molecule has 0 radical (unpaired) electrons. The zero-order chi connectivity index (χ0) is 26.1. The summed E-state index contributed by atoms with van der Waals surface area (Å²) in [4.78, 5) is 26.0. The van der Waals surface area contributed by atoms with E-state index in [0.717, 1.165) is 79.0 Å². The molecular formula is C29H36N8O. The van der Waals surface area contributed by atoms with Crippen LogP contribution in [0.15, 0.2) is 47.5 Å². The van der Waals surface area contributed by atoms with E-state index in [1.54, 1.807) is 0 Å². The second kappa shape index (κ2) is 10.7. The quantitative estimate of drug-likeness (QED) is 0.418. The molecule has 1 N–H and O–H groups in total. The summed E-state index contributed by atoms with van der Waals surface area (Å²) in [6.45, 7) is 8.48. The summed E-state index contributed by atoms with van der Waals surface area (Å²) in [5.41, 5.74) is 5.00. The zero-order valence-electron chi connectivity index (χ0n) is 22.3. The van der Waals surface area contributed by atoms with Gasteiger partial charge in [0.2, 0.25) is 0 Å². The van der Waals surface area contributed by atoms with Gasteiger partial charge in [-0.15, -0.1) is 5.10 Å². The number of nitrogens with one attached hydrogen (secondary N) is 1. The van der Waals surface area contributed by atoms with Gasteiger partial charge >= 0.3 is 0 Å². The Hall–Kier alpha value is -3.43. The van der Waals surface area contributed by atoms with E-state index in [-0.39, 0.29) is 17.6 Å². The lowest BCUT2D eigenvalue weighted by Gasteiger charge is -2.39. The number of hydrogen-bond donors (Lipinski definition) is 1. The van der Waals surface area contributed by atoms with Gasteiger partial charge in [0.25, 0.3) is 5.56 Å². The molecule has 1 atom stereocenters. The minimum absolute atomic E-state index is 0.0628. The maximum atomic E-state index is 13.7. The first kappa shape index (κ1) is 24.9. The van der Waals surface area contributed by atoms with Gasteiger partial charge in [0.15, 0.2) is 5.82 Å². The molecule has 38 heavy (non-hydrogen) atoms. The minimum Gasteiger partial charge on any atom is -0.321 e. The first-order valence-corrected chi connectivity index (χ1v) is 13.8. The highest BCUT2D eigenvalue weighted by molar-refractivity contribution is 5.85. The van der Waals surface area contributed by atoms with Crippen LogP contribution >= 0.6 is 0 Å². The third kappa shape index (κ3) is 4.88. The lowest BCUT2D eigenvalue weighted by atomic mass is 9.94. The van der Waals surface area contributed by atoms with Crippen molar-refractivity contribution >= 4 is 10.9 Å². The van der Waals surface area contributed by atoms with Gasteiger partial charge in [0.05, 0.1) is 11.6 Å². The molecule has 0 spiro atoms. The molecule has 0 bridgehead atoms. The van der Waals surface area contributed by atoms with Gasteiger partial charge in [-0.1, -0.05) is 37.5 Å². The van der Waals surface area contributed by atoms with Crippen molar-refractivity contribution in [3.8, 4) is 0 Å². The third-order valence-electron chi connectivity index (χ3n) is 8.35. The molecule has 1 saturated heterocycles. The van der Waals surface area contributed by atoms with E-state index in [1.165, 1.54) is 24.8 Å². The van der Waals surface area contributed by atoms with Crippen LogP contribution < -0.4 is 5.56 Å². The molecular weight excluding hydrogens is 476 g/mol. The summed E-state index contributed by atoms with van der Waals surface area (Å²) in [6.07, 6.45) is 9.55. The molecule has 2 aliphatic rings. The number of pyridine rings is 2. The molecule has 0 unspecified atom stereocenters. The molecule has 4 aromatic rings. The maximum absolute atomic E-state index is 13.7. The van der Waals surface area contributed by atoms with Crippen molar-refractivity contribution in [2.45, 2.75) is 64.6 Å². The van der Waals surface area contributed by atoms with Crippen molar-refractivity contribution in [1.29, 1.82) is 0 Å². The van der Waals surface area contributed by atoms with E-state index in [2.05, 4.69) is 66.5 Å². The largest absolute Gasteiger partial charge is 0.321 e. The standard InChI is InChI=1S/C29H36N8O/c1-20-10-11-21(2)26-24(20)17-25(29(38)31-26)27(28-32-33-34-37(28)23-8-4-3-5-9-23)36-15-13-35(14-16-36)19-22-7-6-12-30-18-22/h6-7,10-12,17-18,23,27H,3-5,8-9,13-16,19H2,1-2H3,(H,31,38)/t27-/m1/s1. The van der Waals surface area contributed by atoms with Crippen molar-refractivity contribution in [3.05, 3.63) is 81.2 Å². The molecule has 1 aromatic carbocycles. The van der Waals surface area contributed by atoms with Crippen molar-refractivity contribution < 1.29 is 0 Å². The predicted octanol–water partition coefficient (Wildman–Crippen LogP) is 3.94. The average Bonchev–Trinajstić information content (AvgIpc) is 3.43. The minimum atomic E-state index is -0.305. The van der Waals surface area contributed by atoms with E-state index < -0.39 is 0 Å². The van der Waals surface area contributed by atoms with Gasteiger partial charge in [-0.25, -0.2) is 4.68 Å². The molecule has 1 aliphatic heterocycles. The molecule has 2 fully saturated rings. The number of benzene rings is 1. The number of hydrogen-bond acceptors (Lipinski definition) is 7. The number of aromatic nitrogens is 6. The van der Waals surface area contributed by atoms with Crippen LogP contribution in [0.1, 0.15) is 72.3 Å². The van der Waals surface area contributed by atoms with Gasteiger partial charge in [0, 0.05) is 56.1 Å². The molecule has 4 heterocycles. The Kier molecular flexibility index (Phi) is 7.04. The molecule has 198 valence electrons. The average molecular weight is 513 g/mol. The fourth-order valence-electron chi connectivity index (χ4n) is 6.19. The molecule has 3 aromatic heterocycles. The Morgan fingerprint density at radius 2 is 1.82 bits per heavy atom. The van der Waals surface area contributed by atoms with E-state index in [4.69, 9.17) is 0 Å².